The Balaban J connectivity index is 1.56. The summed E-state index contributed by atoms with van der Waals surface area (Å²) in [5.74, 6) is 0.674. The molecule has 1 aromatic carbocycles. The van der Waals surface area contributed by atoms with Crippen LogP contribution in [0, 0.1) is 0 Å². The Kier molecular flexibility index (Phi) is 4.01. The average molecular weight is 289 g/mol. The third-order valence-corrected chi connectivity index (χ3v) is 4.63. The van der Waals surface area contributed by atoms with Crippen molar-refractivity contribution in [3.05, 3.63) is 24.3 Å². The molecule has 5 heteroatoms. The number of anilines is 1. The summed E-state index contributed by atoms with van der Waals surface area (Å²) in [6, 6.07) is 7.54. The Hall–Kier alpha value is -1.75. The highest BCUT2D eigenvalue weighted by molar-refractivity contribution is 5.91. The second-order valence-corrected chi connectivity index (χ2v) is 6.05. The van der Waals surface area contributed by atoms with Gasteiger partial charge in [-0.05, 0) is 50.8 Å². The molecule has 5 nitrogen and oxygen atoms in total. The van der Waals surface area contributed by atoms with Crippen LogP contribution in [0.4, 0.5) is 10.5 Å². The molecule has 114 valence electrons. The molecule has 2 fully saturated rings. The zero-order valence-corrected chi connectivity index (χ0v) is 12.4. The van der Waals surface area contributed by atoms with Crippen LogP contribution in [0.25, 0.3) is 0 Å². The minimum atomic E-state index is -0.152. The van der Waals surface area contributed by atoms with Crippen LogP contribution in [0.5, 0.6) is 5.75 Å². The summed E-state index contributed by atoms with van der Waals surface area (Å²) in [4.78, 5) is 12.2. The lowest BCUT2D eigenvalue weighted by Gasteiger charge is -2.48. The molecule has 1 aromatic rings. The van der Waals surface area contributed by atoms with Crippen molar-refractivity contribution in [1.29, 1.82) is 0 Å². The zero-order chi connectivity index (χ0) is 14.7. The van der Waals surface area contributed by atoms with E-state index in [9.17, 15) is 4.79 Å². The van der Waals surface area contributed by atoms with Crippen LogP contribution in [0.2, 0.25) is 0 Å². The van der Waals surface area contributed by atoms with Gasteiger partial charge < -0.3 is 20.7 Å². The van der Waals surface area contributed by atoms with E-state index in [1.807, 2.05) is 24.3 Å². The molecule has 1 saturated carbocycles. The molecule has 1 atom stereocenters. The van der Waals surface area contributed by atoms with E-state index in [0.717, 1.165) is 19.4 Å². The average Bonchev–Trinajstić information content (AvgIpc) is 2.46. The zero-order valence-electron chi connectivity index (χ0n) is 12.4. The molecular weight excluding hydrogens is 266 g/mol. The van der Waals surface area contributed by atoms with Crippen molar-refractivity contribution >= 4 is 11.7 Å². The number of hydrogen-bond donors (Lipinski definition) is 3. The first kappa shape index (κ1) is 14.2. The predicted octanol–water partition coefficient (Wildman–Crippen LogP) is 2.49. The van der Waals surface area contributed by atoms with Crippen LogP contribution in [0.3, 0.4) is 0 Å². The van der Waals surface area contributed by atoms with Gasteiger partial charge in [-0.2, -0.15) is 0 Å². The number of urea groups is 1. The van der Waals surface area contributed by atoms with Crippen molar-refractivity contribution in [1.82, 2.24) is 10.6 Å². The molecule has 21 heavy (non-hydrogen) atoms. The summed E-state index contributed by atoms with van der Waals surface area (Å²) in [7, 11) is 1.60. The quantitative estimate of drug-likeness (QED) is 0.801. The van der Waals surface area contributed by atoms with Gasteiger partial charge in [0, 0.05) is 11.6 Å². The van der Waals surface area contributed by atoms with E-state index in [1.165, 1.54) is 19.3 Å². The van der Waals surface area contributed by atoms with Crippen LogP contribution >= 0.6 is 0 Å². The number of methoxy groups -OCH3 is 1. The minimum Gasteiger partial charge on any atom is -0.495 e. The van der Waals surface area contributed by atoms with E-state index >= 15 is 0 Å². The van der Waals surface area contributed by atoms with Gasteiger partial charge in [0.05, 0.1) is 12.8 Å². The van der Waals surface area contributed by atoms with Crippen molar-refractivity contribution in [2.75, 3.05) is 19.0 Å². The van der Waals surface area contributed by atoms with Gasteiger partial charge in [-0.1, -0.05) is 12.1 Å². The van der Waals surface area contributed by atoms with Gasteiger partial charge in [-0.15, -0.1) is 0 Å². The van der Waals surface area contributed by atoms with Crippen LogP contribution in [0.1, 0.15) is 32.1 Å². The van der Waals surface area contributed by atoms with Crippen LogP contribution in [-0.4, -0.2) is 31.3 Å². The fourth-order valence-electron chi connectivity index (χ4n) is 3.36. The SMILES string of the molecule is COc1ccccc1NC(=O)NC1CCNC2(CCC2)C1. The number of piperidine rings is 1. The number of benzene rings is 1. The number of nitrogens with one attached hydrogen (secondary N) is 3. The van der Waals surface area contributed by atoms with Gasteiger partial charge in [-0.25, -0.2) is 4.79 Å². The summed E-state index contributed by atoms with van der Waals surface area (Å²) in [6.45, 7) is 0.986. The van der Waals surface area contributed by atoms with Crippen LogP contribution < -0.4 is 20.7 Å². The molecule has 1 spiro atoms. The summed E-state index contributed by atoms with van der Waals surface area (Å²) in [6.07, 6.45) is 5.79. The van der Waals surface area contributed by atoms with Gasteiger partial charge >= 0.3 is 6.03 Å². The molecular formula is C16H23N3O2. The minimum absolute atomic E-state index is 0.152. The molecule has 1 unspecified atom stereocenters. The molecule has 0 radical (unpaired) electrons. The number of carbonyl (C=O) groups is 1. The number of hydrogen-bond acceptors (Lipinski definition) is 3. The maximum absolute atomic E-state index is 12.2. The van der Waals surface area contributed by atoms with E-state index in [4.69, 9.17) is 4.74 Å². The first-order chi connectivity index (χ1) is 10.2. The maximum Gasteiger partial charge on any atom is 0.319 e. The molecule has 1 aliphatic heterocycles. The highest BCUT2D eigenvalue weighted by Crippen LogP contribution is 2.38. The van der Waals surface area contributed by atoms with E-state index < -0.39 is 0 Å². The Morgan fingerprint density at radius 2 is 2.19 bits per heavy atom. The molecule has 1 saturated heterocycles. The second-order valence-electron chi connectivity index (χ2n) is 6.05. The van der Waals surface area contributed by atoms with E-state index in [2.05, 4.69) is 16.0 Å². The molecule has 2 aliphatic rings. The lowest BCUT2D eigenvalue weighted by atomic mass is 9.70. The van der Waals surface area contributed by atoms with Gasteiger partial charge in [-0.3, -0.25) is 0 Å². The molecule has 3 rings (SSSR count). The Labute approximate surface area is 125 Å². The van der Waals surface area contributed by atoms with Crippen molar-refractivity contribution < 1.29 is 9.53 Å². The summed E-state index contributed by atoms with van der Waals surface area (Å²) < 4.78 is 5.24. The number of para-hydroxylation sites is 2. The topological polar surface area (TPSA) is 62.4 Å². The Morgan fingerprint density at radius 1 is 1.38 bits per heavy atom. The maximum atomic E-state index is 12.2. The first-order valence-electron chi connectivity index (χ1n) is 7.66. The molecule has 3 N–H and O–H groups in total. The summed E-state index contributed by atoms with van der Waals surface area (Å²) in [5.41, 5.74) is 0.991. The molecule has 2 amide bonds. The Bertz CT molecular complexity index is 514. The largest absolute Gasteiger partial charge is 0.495 e. The van der Waals surface area contributed by atoms with Gasteiger partial charge in [0.25, 0.3) is 0 Å². The first-order valence-corrected chi connectivity index (χ1v) is 7.66. The normalized spacial score (nSPS) is 23.2. The molecule has 1 heterocycles. The van der Waals surface area contributed by atoms with Gasteiger partial charge in [0.1, 0.15) is 5.75 Å². The van der Waals surface area contributed by atoms with Crippen molar-refractivity contribution in [2.24, 2.45) is 0 Å². The van der Waals surface area contributed by atoms with Crippen molar-refractivity contribution in [3.63, 3.8) is 0 Å². The lowest BCUT2D eigenvalue weighted by molar-refractivity contribution is 0.122. The van der Waals surface area contributed by atoms with E-state index in [1.54, 1.807) is 7.11 Å². The highest BCUT2D eigenvalue weighted by Gasteiger charge is 2.41. The fraction of sp³-hybridized carbons (Fsp3) is 0.562. The number of amides is 2. The van der Waals surface area contributed by atoms with E-state index in [0.29, 0.717) is 17.0 Å². The van der Waals surface area contributed by atoms with Crippen molar-refractivity contribution in [3.8, 4) is 5.75 Å². The summed E-state index contributed by atoms with van der Waals surface area (Å²) >= 11 is 0. The monoisotopic (exact) mass is 289 g/mol. The van der Waals surface area contributed by atoms with Crippen molar-refractivity contribution in [2.45, 2.75) is 43.7 Å². The van der Waals surface area contributed by atoms with Crippen LogP contribution in [0.15, 0.2) is 24.3 Å². The smallest absolute Gasteiger partial charge is 0.319 e. The number of rotatable bonds is 3. The molecule has 0 aromatic heterocycles. The highest BCUT2D eigenvalue weighted by atomic mass is 16.5. The number of carbonyl (C=O) groups excluding carboxylic acids is 1. The van der Waals surface area contributed by atoms with Crippen LogP contribution in [-0.2, 0) is 0 Å². The lowest BCUT2D eigenvalue weighted by Crippen LogP contribution is -2.60. The Morgan fingerprint density at radius 3 is 2.90 bits per heavy atom. The molecule has 1 aliphatic carbocycles. The third kappa shape index (κ3) is 3.13. The second kappa shape index (κ2) is 5.93. The van der Waals surface area contributed by atoms with Gasteiger partial charge in [0.15, 0.2) is 0 Å². The van der Waals surface area contributed by atoms with E-state index in [-0.39, 0.29) is 12.1 Å². The predicted molar refractivity (Wildman–Crippen MR) is 82.8 cm³/mol. The van der Waals surface area contributed by atoms with Gasteiger partial charge in [0.2, 0.25) is 0 Å². The fourth-order valence-corrected chi connectivity index (χ4v) is 3.36. The number of ether oxygens (including phenoxy) is 1. The standard InChI is InChI=1S/C16H23N3O2/c1-21-14-6-3-2-5-13(14)19-15(20)18-12-7-10-17-16(11-12)8-4-9-16/h2-3,5-6,12,17H,4,7-11H2,1H3,(H2,18,19,20). The molecule has 0 bridgehead atoms. The third-order valence-electron chi connectivity index (χ3n) is 4.63. The summed E-state index contributed by atoms with van der Waals surface area (Å²) in [5, 5.41) is 9.58.